The normalized spacial score (nSPS) is 11.5. The quantitative estimate of drug-likeness (QED) is 0.375. The fraction of sp³-hybridized carbons (Fsp3) is 0.136. The van der Waals surface area contributed by atoms with E-state index in [-0.39, 0.29) is 16.3 Å². The van der Waals surface area contributed by atoms with Gasteiger partial charge in [0, 0.05) is 11.0 Å². The monoisotopic (exact) mass is 528 g/mol. The van der Waals surface area contributed by atoms with Crippen LogP contribution in [-0.2, 0) is 23.1 Å². The molecule has 0 aliphatic heterocycles. The summed E-state index contributed by atoms with van der Waals surface area (Å²) in [4.78, 5) is 1.29. The Morgan fingerprint density at radius 2 is 1.67 bits per heavy atom. The van der Waals surface area contributed by atoms with E-state index >= 15 is 0 Å². The Labute approximate surface area is 199 Å². The highest BCUT2D eigenvalue weighted by atomic mass is 79.9. The molecule has 0 bridgehead atoms. The molecule has 0 saturated heterocycles. The first-order valence-corrected chi connectivity index (χ1v) is 12.2. The second-order valence-electron chi connectivity index (χ2n) is 7.24. The van der Waals surface area contributed by atoms with Gasteiger partial charge in [-0.15, -0.1) is 10.2 Å². The van der Waals surface area contributed by atoms with Gasteiger partial charge in [-0.2, -0.15) is 4.80 Å². The largest absolute Gasteiger partial charge is 0.497 e. The molecule has 0 atom stereocenters. The molecule has 0 fully saturated rings. The first kappa shape index (κ1) is 23.1. The molecule has 170 valence electrons. The van der Waals surface area contributed by atoms with Crippen LogP contribution in [0.5, 0.6) is 5.75 Å². The van der Waals surface area contributed by atoms with Gasteiger partial charge in [-0.3, -0.25) is 0 Å². The molecule has 0 spiro atoms. The number of hydrogen-bond acceptors (Lipinski definition) is 7. The van der Waals surface area contributed by atoms with Crippen molar-refractivity contribution in [2.24, 2.45) is 10.9 Å². The van der Waals surface area contributed by atoms with Crippen LogP contribution < -0.4 is 15.6 Å². The second-order valence-corrected chi connectivity index (χ2v) is 9.59. The average molecular weight is 529 g/mol. The highest BCUT2D eigenvalue weighted by molar-refractivity contribution is 9.10. The van der Waals surface area contributed by atoms with E-state index in [9.17, 15) is 8.42 Å². The molecule has 9 nitrogen and oxygen atoms in total. The summed E-state index contributed by atoms with van der Waals surface area (Å²) < 4.78 is 30.5. The van der Waals surface area contributed by atoms with Gasteiger partial charge in [0.05, 0.1) is 19.2 Å². The van der Waals surface area contributed by atoms with E-state index < -0.39 is 10.0 Å². The predicted octanol–water partition coefficient (Wildman–Crippen LogP) is 2.93. The maximum absolute atomic E-state index is 12.5. The molecule has 4 rings (SSSR count). The summed E-state index contributed by atoms with van der Waals surface area (Å²) in [5, 5.41) is 18.3. The zero-order valence-electron chi connectivity index (χ0n) is 17.6. The molecule has 0 unspecified atom stereocenters. The van der Waals surface area contributed by atoms with Crippen molar-refractivity contribution in [2.75, 3.05) is 7.11 Å². The van der Waals surface area contributed by atoms with E-state index in [0.29, 0.717) is 23.1 Å². The molecular formula is C22H21BrN6O3S. The zero-order chi connectivity index (χ0) is 23.6. The summed E-state index contributed by atoms with van der Waals surface area (Å²) in [7, 11) is -2.51. The molecule has 0 aliphatic carbocycles. The average Bonchev–Trinajstić information content (AvgIpc) is 3.27. The Kier molecular flexibility index (Phi) is 6.56. The van der Waals surface area contributed by atoms with Gasteiger partial charge in [-0.05, 0) is 61.6 Å². The molecule has 0 amide bonds. The van der Waals surface area contributed by atoms with Gasteiger partial charge >= 0.3 is 0 Å². The molecule has 0 aliphatic rings. The van der Waals surface area contributed by atoms with Crippen molar-refractivity contribution in [3.05, 3.63) is 76.3 Å². The minimum atomic E-state index is -4.11. The lowest BCUT2D eigenvalue weighted by molar-refractivity contribution is 0.414. The molecule has 33 heavy (non-hydrogen) atoms. The molecule has 1 aromatic heterocycles. The third-order valence-corrected chi connectivity index (χ3v) is 6.97. The highest BCUT2D eigenvalue weighted by Gasteiger charge is 2.26. The van der Waals surface area contributed by atoms with Gasteiger partial charge in [-0.1, -0.05) is 42.5 Å². The summed E-state index contributed by atoms with van der Waals surface area (Å²) in [5.41, 5.74) is 9.23. The van der Waals surface area contributed by atoms with Crippen LogP contribution in [0.15, 0.2) is 70.0 Å². The number of benzene rings is 3. The third kappa shape index (κ3) is 4.96. The Hall–Kier alpha value is -3.12. The van der Waals surface area contributed by atoms with Crippen LogP contribution in [0.2, 0.25) is 0 Å². The van der Waals surface area contributed by atoms with Crippen molar-refractivity contribution in [2.45, 2.75) is 18.0 Å². The van der Waals surface area contributed by atoms with E-state index in [1.165, 1.54) is 4.80 Å². The molecule has 1 heterocycles. The summed E-state index contributed by atoms with van der Waals surface area (Å²) in [6, 6.07) is 18.4. The predicted molar refractivity (Wildman–Crippen MR) is 128 cm³/mol. The van der Waals surface area contributed by atoms with Crippen molar-refractivity contribution >= 4 is 26.0 Å². The smallest absolute Gasteiger partial charge is 0.239 e. The summed E-state index contributed by atoms with van der Waals surface area (Å²) in [6.45, 7) is 0.743. The Bertz CT molecular complexity index is 1390. The van der Waals surface area contributed by atoms with Crippen LogP contribution >= 0.6 is 15.9 Å². The highest BCUT2D eigenvalue weighted by Crippen LogP contribution is 2.39. The number of halogens is 1. The number of nitrogens with two attached hydrogens (primary N) is 2. The number of nitrogens with zero attached hydrogens (tertiary/aromatic N) is 4. The van der Waals surface area contributed by atoms with Crippen molar-refractivity contribution in [3.63, 3.8) is 0 Å². The number of rotatable bonds is 7. The van der Waals surface area contributed by atoms with Crippen molar-refractivity contribution in [1.82, 2.24) is 20.2 Å². The number of hydrogen-bond donors (Lipinski definition) is 2. The molecule has 0 radical (unpaired) electrons. The van der Waals surface area contributed by atoms with Crippen LogP contribution in [0.1, 0.15) is 11.1 Å². The number of ether oxygens (including phenoxy) is 1. The lowest BCUT2D eigenvalue weighted by atomic mass is 9.98. The van der Waals surface area contributed by atoms with E-state index in [4.69, 9.17) is 15.6 Å². The molecule has 11 heteroatoms. The molecular weight excluding hydrogens is 508 g/mol. The zero-order valence-corrected chi connectivity index (χ0v) is 20.0. The molecule has 4 aromatic rings. The molecule has 0 saturated carbocycles. The van der Waals surface area contributed by atoms with Crippen LogP contribution in [0.4, 0.5) is 0 Å². The SMILES string of the molecule is COc1ccc(Cn2nnc(-c3c(-c4ccc(CN)cc4)ccc(Br)c3S(N)(=O)=O)n2)cc1. The van der Waals surface area contributed by atoms with Gasteiger partial charge in [0.1, 0.15) is 10.6 Å². The number of aromatic nitrogens is 4. The maximum Gasteiger partial charge on any atom is 0.239 e. The molecule has 4 N–H and O–H groups in total. The van der Waals surface area contributed by atoms with Crippen LogP contribution in [0.25, 0.3) is 22.5 Å². The summed E-state index contributed by atoms with van der Waals surface area (Å²) in [6.07, 6.45) is 0. The Morgan fingerprint density at radius 1 is 1.00 bits per heavy atom. The van der Waals surface area contributed by atoms with Crippen LogP contribution in [0.3, 0.4) is 0 Å². The van der Waals surface area contributed by atoms with Crippen molar-refractivity contribution < 1.29 is 13.2 Å². The first-order chi connectivity index (χ1) is 15.8. The fourth-order valence-corrected chi connectivity index (χ4v) is 5.26. The lowest BCUT2D eigenvalue weighted by Gasteiger charge is -2.13. The third-order valence-electron chi connectivity index (χ3n) is 5.05. The topological polar surface area (TPSA) is 139 Å². The summed E-state index contributed by atoms with van der Waals surface area (Å²) >= 11 is 3.31. The first-order valence-electron chi connectivity index (χ1n) is 9.86. The summed E-state index contributed by atoms with van der Waals surface area (Å²) in [5.74, 6) is 0.884. The number of sulfonamides is 1. The lowest BCUT2D eigenvalue weighted by Crippen LogP contribution is -2.15. The Balaban J connectivity index is 1.82. The van der Waals surface area contributed by atoms with E-state index in [1.54, 1.807) is 19.2 Å². The minimum absolute atomic E-state index is 0.105. The number of methoxy groups -OCH3 is 1. The van der Waals surface area contributed by atoms with E-state index in [1.807, 2.05) is 48.5 Å². The number of primary sulfonamides is 1. The van der Waals surface area contributed by atoms with E-state index in [2.05, 4.69) is 31.3 Å². The van der Waals surface area contributed by atoms with Gasteiger partial charge in [0.25, 0.3) is 0 Å². The fourth-order valence-electron chi connectivity index (χ4n) is 3.42. The van der Waals surface area contributed by atoms with Crippen molar-refractivity contribution in [3.8, 4) is 28.3 Å². The molecule has 3 aromatic carbocycles. The van der Waals surface area contributed by atoms with Gasteiger partial charge in [-0.25, -0.2) is 13.6 Å². The van der Waals surface area contributed by atoms with Gasteiger partial charge in [0.2, 0.25) is 15.8 Å². The van der Waals surface area contributed by atoms with Crippen LogP contribution in [-0.4, -0.2) is 35.7 Å². The van der Waals surface area contributed by atoms with Gasteiger partial charge in [0.15, 0.2) is 0 Å². The second kappa shape index (κ2) is 9.40. The maximum atomic E-state index is 12.5. The van der Waals surface area contributed by atoms with E-state index in [0.717, 1.165) is 22.4 Å². The van der Waals surface area contributed by atoms with Crippen LogP contribution in [0, 0.1) is 0 Å². The Morgan fingerprint density at radius 3 is 2.27 bits per heavy atom. The standard InChI is InChI=1S/C22H21BrN6O3S/c1-32-17-8-4-15(5-9-17)13-29-27-22(26-28-29)20-18(16-6-2-14(12-24)3-7-16)10-11-19(23)21(20)33(25,30)31/h2-11H,12-13,24H2,1H3,(H2,25,30,31). The minimum Gasteiger partial charge on any atom is -0.497 e. The number of tetrazole rings is 1. The van der Waals surface area contributed by atoms with Crippen molar-refractivity contribution in [1.29, 1.82) is 0 Å². The van der Waals surface area contributed by atoms with Gasteiger partial charge < -0.3 is 10.5 Å².